The van der Waals surface area contributed by atoms with Gasteiger partial charge in [0.1, 0.15) is 0 Å². The van der Waals surface area contributed by atoms with Gasteiger partial charge in [0, 0.05) is 16.4 Å². The smallest absolute Gasteiger partial charge is 0.0754 e. The summed E-state index contributed by atoms with van der Waals surface area (Å²) in [7, 11) is 0. The molecule has 0 aliphatic carbocycles. The van der Waals surface area contributed by atoms with E-state index in [2.05, 4.69) is 15.9 Å². The van der Waals surface area contributed by atoms with Crippen molar-refractivity contribution in [1.82, 2.24) is 0 Å². The predicted molar refractivity (Wildman–Crippen MR) is 62.1 cm³/mol. The first-order chi connectivity index (χ1) is 6.39. The minimum atomic E-state index is -0.549. The third-order valence-corrected chi connectivity index (χ3v) is 2.73. The zero-order valence-corrected chi connectivity index (χ0v) is 10.1. The molecule has 0 aliphatic heterocycles. The van der Waals surface area contributed by atoms with Gasteiger partial charge in [-0.25, -0.2) is 0 Å². The molecule has 0 heterocycles. The van der Waals surface area contributed by atoms with Gasteiger partial charge in [-0.1, -0.05) is 28.1 Å². The largest absolute Gasteiger partial charge is 0.391 e. The normalized spacial score (nSPS) is 14.1. The number of aliphatic hydroxyl groups excluding tert-OH is 1. The maximum atomic E-state index is 9.77. The van der Waals surface area contributed by atoms with Gasteiger partial charge in [-0.2, -0.15) is 0 Å². The summed E-state index contributed by atoms with van der Waals surface area (Å²) in [6.45, 7) is 3.66. The standard InChI is InChI=1S/C11H16BrNO/c1-11(2,13)10(14)7-8-3-5-9(12)6-4-8/h3-6,10,14H,7,13H2,1-2H3. The molecular formula is C11H16BrNO. The van der Waals surface area contributed by atoms with Crippen molar-refractivity contribution in [3.63, 3.8) is 0 Å². The van der Waals surface area contributed by atoms with E-state index < -0.39 is 11.6 Å². The van der Waals surface area contributed by atoms with Gasteiger partial charge in [-0.3, -0.25) is 0 Å². The van der Waals surface area contributed by atoms with Crippen molar-refractivity contribution >= 4 is 15.9 Å². The number of hydrogen-bond acceptors (Lipinski definition) is 2. The number of hydrogen-bond donors (Lipinski definition) is 2. The molecule has 1 aromatic carbocycles. The van der Waals surface area contributed by atoms with Crippen LogP contribution in [0.25, 0.3) is 0 Å². The SMILES string of the molecule is CC(C)(N)C(O)Cc1ccc(Br)cc1. The van der Waals surface area contributed by atoms with Gasteiger partial charge < -0.3 is 10.8 Å². The van der Waals surface area contributed by atoms with Crippen molar-refractivity contribution in [2.75, 3.05) is 0 Å². The second-order valence-corrected chi connectivity index (χ2v) is 5.08. The molecular weight excluding hydrogens is 242 g/mol. The highest BCUT2D eigenvalue weighted by Crippen LogP contribution is 2.15. The molecule has 0 aliphatic rings. The quantitative estimate of drug-likeness (QED) is 0.872. The topological polar surface area (TPSA) is 46.2 Å². The second-order valence-electron chi connectivity index (χ2n) is 4.17. The van der Waals surface area contributed by atoms with Crippen LogP contribution in [0.3, 0.4) is 0 Å². The minimum Gasteiger partial charge on any atom is -0.391 e. The lowest BCUT2D eigenvalue weighted by Gasteiger charge is -2.25. The molecule has 0 spiro atoms. The summed E-state index contributed by atoms with van der Waals surface area (Å²) in [4.78, 5) is 0. The van der Waals surface area contributed by atoms with Crippen molar-refractivity contribution in [3.05, 3.63) is 34.3 Å². The van der Waals surface area contributed by atoms with Crippen molar-refractivity contribution in [2.24, 2.45) is 5.73 Å². The molecule has 14 heavy (non-hydrogen) atoms. The predicted octanol–water partition coefficient (Wildman–Crippen LogP) is 2.09. The van der Waals surface area contributed by atoms with E-state index in [-0.39, 0.29) is 0 Å². The van der Waals surface area contributed by atoms with Crippen molar-refractivity contribution in [1.29, 1.82) is 0 Å². The molecule has 1 atom stereocenters. The second kappa shape index (κ2) is 4.43. The summed E-state index contributed by atoms with van der Waals surface area (Å²) in [6, 6.07) is 7.90. The van der Waals surface area contributed by atoms with Crippen molar-refractivity contribution < 1.29 is 5.11 Å². The highest BCUT2D eigenvalue weighted by Gasteiger charge is 2.22. The van der Waals surface area contributed by atoms with Crippen LogP contribution < -0.4 is 5.73 Å². The van der Waals surface area contributed by atoms with Gasteiger partial charge in [0.2, 0.25) is 0 Å². The summed E-state index contributed by atoms with van der Waals surface area (Å²) in [6.07, 6.45) is 0.0835. The molecule has 1 unspecified atom stereocenters. The molecule has 0 amide bonds. The van der Waals surface area contributed by atoms with E-state index in [4.69, 9.17) is 5.73 Å². The van der Waals surface area contributed by atoms with Gasteiger partial charge in [0.15, 0.2) is 0 Å². The van der Waals surface area contributed by atoms with Gasteiger partial charge in [0.25, 0.3) is 0 Å². The molecule has 0 saturated heterocycles. The lowest BCUT2D eigenvalue weighted by atomic mass is 9.93. The molecule has 0 radical (unpaired) electrons. The van der Waals surface area contributed by atoms with E-state index in [1.807, 2.05) is 38.1 Å². The Balaban J connectivity index is 2.65. The molecule has 1 rings (SSSR count). The minimum absolute atomic E-state index is 0.510. The van der Waals surface area contributed by atoms with Crippen molar-refractivity contribution in [2.45, 2.75) is 31.9 Å². The summed E-state index contributed by atoms with van der Waals surface area (Å²) < 4.78 is 1.04. The maximum absolute atomic E-state index is 9.77. The van der Waals surface area contributed by atoms with Crippen LogP contribution in [0.1, 0.15) is 19.4 Å². The highest BCUT2D eigenvalue weighted by molar-refractivity contribution is 9.10. The number of nitrogens with two attached hydrogens (primary N) is 1. The van der Waals surface area contributed by atoms with E-state index in [0.717, 1.165) is 10.0 Å². The Hall–Kier alpha value is -0.380. The monoisotopic (exact) mass is 257 g/mol. The number of aliphatic hydroxyl groups is 1. The van der Waals surface area contributed by atoms with Crippen LogP contribution in [-0.4, -0.2) is 16.7 Å². The van der Waals surface area contributed by atoms with E-state index >= 15 is 0 Å². The van der Waals surface area contributed by atoms with Crippen molar-refractivity contribution in [3.8, 4) is 0 Å². The van der Waals surface area contributed by atoms with Crippen LogP contribution in [-0.2, 0) is 6.42 Å². The zero-order chi connectivity index (χ0) is 10.8. The van der Waals surface area contributed by atoms with Crippen LogP contribution in [0.4, 0.5) is 0 Å². The number of halogens is 1. The number of rotatable bonds is 3. The van der Waals surface area contributed by atoms with E-state index in [1.165, 1.54) is 0 Å². The Kier molecular flexibility index (Phi) is 3.70. The first kappa shape index (κ1) is 11.7. The molecule has 3 heteroatoms. The third kappa shape index (κ3) is 3.40. The fourth-order valence-electron chi connectivity index (χ4n) is 1.11. The Labute approximate surface area is 93.3 Å². The zero-order valence-electron chi connectivity index (χ0n) is 8.50. The molecule has 3 N–H and O–H groups in total. The Morgan fingerprint density at radius 1 is 1.36 bits per heavy atom. The van der Waals surface area contributed by atoms with Crippen LogP contribution in [0.2, 0.25) is 0 Å². The molecule has 2 nitrogen and oxygen atoms in total. The Bertz CT molecular complexity index is 289. The summed E-state index contributed by atoms with van der Waals surface area (Å²) in [5.74, 6) is 0. The van der Waals surface area contributed by atoms with Crippen LogP contribution in [0.5, 0.6) is 0 Å². The lowest BCUT2D eigenvalue weighted by Crippen LogP contribution is -2.46. The first-order valence-corrected chi connectivity index (χ1v) is 5.40. The van der Waals surface area contributed by atoms with Crippen LogP contribution in [0, 0.1) is 0 Å². The molecule has 0 saturated carbocycles. The fourth-order valence-corrected chi connectivity index (χ4v) is 1.37. The Morgan fingerprint density at radius 3 is 2.29 bits per heavy atom. The molecule has 0 fully saturated rings. The average Bonchev–Trinajstić information content (AvgIpc) is 2.07. The van der Waals surface area contributed by atoms with Crippen LogP contribution >= 0.6 is 15.9 Å². The van der Waals surface area contributed by atoms with Crippen LogP contribution in [0.15, 0.2) is 28.7 Å². The van der Waals surface area contributed by atoms with Gasteiger partial charge in [0.05, 0.1) is 6.10 Å². The highest BCUT2D eigenvalue weighted by atomic mass is 79.9. The summed E-state index contributed by atoms with van der Waals surface area (Å²) >= 11 is 3.36. The summed E-state index contributed by atoms with van der Waals surface area (Å²) in [5.41, 5.74) is 6.35. The fraction of sp³-hybridized carbons (Fsp3) is 0.455. The molecule has 0 aromatic heterocycles. The van der Waals surface area contributed by atoms with E-state index in [0.29, 0.717) is 6.42 Å². The molecule has 0 bridgehead atoms. The average molecular weight is 258 g/mol. The molecule has 78 valence electrons. The first-order valence-electron chi connectivity index (χ1n) is 4.61. The van der Waals surface area contributed by atoms with E-state index in [9.17, 15) is 5.11 Å². The maximum Gasteiger partial charge on any atom is 0.0754 e. The summed E-state index contributed by atoms with van der Waals surface area (Å²) in [5, 5.41) is 9.77. The van der Waals surface area contributed by atoms with Gasteiger partial charge in [-0.15, -0.1) is 0 Å². The third-order valence-electron chi connectivity index (χ3n) is 2.20. The Morgan fingerprint density at radius 2 is 1.86 bits per heavy atom. The molecule has 1 aromatic rings. The number of benzene rings is 1. The lowest BCUT2D eigenvalue weighted by molar-refractivity contribution is 0.104. The van der Waals surface area contributed by atoms with E-state index in [1.54, 1.807) is 0 Å². The van der Waals surface area contributed by atoms with Gasteiger partial charge in [-0.05, 0) is 31.5 Å². The van der Waals surface area contributed by atoms with Gasteiger partial charge >= 0.3 is 0 Å².